The number of rotatable bonds is 5. The van der Waals surface area contributed by atoms with Crippen LogP contribution in [0.15, 0.2) is 12.7 Å². The minimum atomic E-state index is -0.455. The third kappa shape index (κ3) is 7.37. The van der Waals surface area contributed by atoms with Gasteiger partial charge in [0.25, 0.3) is 0 Å². The number of hydrogen-bond donors (Lipinski definition) is 1. The molecule has 12 heavy (non-hydrogen) atoms. The van der Waals surface area contributed by atoms with Crippen LogP contribution in [0.1, 0.15) is 39.0 Å². The molecule has 0 aliphatic heterocycles. The topological polar surface area (TPSA) is 20.2 Å². The fraction of sp³-hybridized carbons (Fsp3) is 0.636. The van der Waals surface area contributed by atoms with Gasteiger partial charge in [-0.25, -0.2) is 0 Å². The molecule has 0 saturated heterocycles. The van der Waals surface area contributed by atoms with Crippen molar-refractivity contribution >= 4 is 0 Å². The Kier molecular flexibility index (Phi) is 7.84. The SMILES string of the molecule is C=CC(O)CC#CCCCCC. The molecule has 1 heteroatoms. The fourth-order valence-electron chi connectivity index (χ4n) is 0.812. The summed E-state index contributed by atoms with van der Waals surface area (Å²) in [7, 11) is 0. The van der Waals surface area contributed by atoms with Crippen molar-refractivity contribution in [3.8, 4) is 11.8 Å². The van der Waals surface area contributed by atoms with Gasteiger partial charge in [0.1, 0.15) is 0 Å². The lowest BCUT2D eigenvalue weighted by Crippen LogP contribution is -1.97. The third-order valence-electron chi connectivity index (χ3n) is 1.61. The second kappa shape index (κ2) is 8.36. The Hall–Kier alpha value is -0.740. The Bertz CT molecular complexity index is 162. The molecule has 0 aliphatic carbocycles. The first-order valence-electron chi connectivity index (χ1n) is 4.57. The van der Waals surface area contributed by atoms with E-state index in [4.69, 9.17) is 5.11 Å². The largest absolute Gasteiger partial charge is 0.388 e. The van der Waals surface area contributed by atoms with Gasteiger partial charge in [-0.05, 0) is 6.42 Å². The molecule has 0 spiro atoms. The van der Waals surface area contributed by atoms with E-state index in [1.165, 1.54) is 25.3 Å². The highest BCUT2D eigenvalue weighted by Gasteiger charge is 1.90. The summed E-state index contributed by atoms with van der Waals surface area (Å²) in [5.74, 6) is 5.95. The van der Waals surface area contributed by atoms with Gasteiger partial charge in [-0.3, -0.25) is 0 Å². The maximum absolute atomic E-state index is 9.04. The van der Waals surface area contributed by atoms with Crippen LogP contribution >= 0.6 is 0 Å². The zero-order valence-corrected chi connectivity index (χ0v) is 7.84. The monoisotopic (exact) mass is 166 g/mol. The molecule has 1 nitrogen and oxygen atoms in total. The Balaban J connectivity index is 3.28. The molecule has 0 saturated carbocycles. The summed E-state index contributed by atoms with van der Waals surface area (Å²) in [6, 6.07) is 0. The number of aliphatic hydroxyl groups is 1. The van der Waals surface area contributed by atoms with E-state index in [-0.39, 0.29) is 0 Å². The molecule has 0 heterocycles. The van der Waals surface area contributed by atoms with Gasteiger partial charge < -0.3 is 5.11 Å². The van der Waals surface area contributed by atoms with Crippen LogP contribution in [-0.4, -0.2) is 11.2 Å². The average molecular weight is 166 g/mol. The normalized spacial score (nSPS) is 11.5. The standard InChI is InChI=1S/C11H18O/c1-3-5-6-7-8-9-10-11(12)4-2/h4,11-12H,2-3,5-7,10H2,1H3. The summed E-state index contributed by atoms with van der Waals surface area (Å²) in [5, 5.41) is 9.04. The second-order valence-corrected chi connectivity index (χ2v) is 2.82. The lowest BCUT2D eigenvalue weighted by molar-refractivity contribution is 0.230. The number of aliphatic hydroxyl groups excluding tert-OH is 1. The van der Waals surface area contributed by atoms with Crippen LogP contribution in [0.5, 0.6) is 0 Å². The fourth-order valence-corrected chi connectivity index (χ4v) is 0.812. The van der Waals surface area contributed by atoms with Gasteiger partial charge >= 0.3 is 0 Å². The van der Waals surface area contributed by atoms with Crippen LogP contribution in [0.4, 0.5) is 0 Å². The van der Waals surface area contributed by atoms with Crippen LogP contribution in [0.3, 0.4) is 0 Å². The van der Waals surface area contributed by atoms with Gasteiger partial charge in [0.15, 0.2) is 0 Å². The van der Waals surface area contributed by atoms with Crippen molar-refractivity contribution < 1.29 is 5.11 Å². The molecule has 1 unspecified atom stereocenters. The van der Waals surface area contributed by atoms with E-state index < -0.39 is 6.10 Å². The lowest BCUT2D eigenvalue weighted by atomic mass is 10.2. The predicted octanol–water partition coefficient (Wildman–Crippen LogP) is 2.51. The molecule has 0 radical (unpaired) electrons. The Morgan fingerprint density at radius 1 is 1.42 bits per heavy atom. The molecule has 0 aliphatic rings. The minimum Gasteiger partial charge on any atom is -0.388 e. The molecule has 0 aromatic carbocycles. The lowest BCUT2D eigenvalue weighted by Gasteiger charge is -1.95. The van der Waals surface area contributed by atoms with Crippen LogP contribution in [0, 0.1) is 11.8 Å². The molecule has 0 fully saturated rings. The van der Waals surface area contributed by atoms with E-state index in [1.54, 1.807) is 0 Å². The Labute approximate surface area is 75.5 Å². The highest BCUT2D eigenvalue weighted by atomic mass is 16.3. The number of unbranched alkanes of at least 4 members (excludes halogenated alkanes) is 3. The van der Waals surface area contributed by atoms with E-state index in [9.17, 15) is 0 Å². The first-order chi connectivity index (χ1) is 5.81. The smallest absolute Gasteiger partial charge is 0.0827 e. The van der Waals surface area contributed by atoms with Gasteiger partial charge in [0.05, 0.1) is 6.10 Å². The number of hydrogen-bond acceptors (Lipinski definition) is 1. The van der Waals surface area contributed by atoms with Crippen molar-refractivity contribution in [3.63, 3.8) is 0 Å². The first kappa shape index (κ1) is 11.3. The van der Waals surface area contributed by atoms with Crippen molar-refractivity contribution in [3.05, 3.63) is 12.7 Å². The molecule has 1 N–H and O–H groups in total. The van der Waals surface area contributed by atoms with E-state index in [0.29, 0.717) is 6.42 Å². The highest BCUT2D eigenvalue weighted by molar-refractivity contribution is 5.02. The summed E-state index contributed by atoms with van der Waals surface area (Å²) in [5.41, 5.74) is 0. The second-order valence-electron chi connectivity index (χ2n) is 2.82. The predicted molar refractivity (Wildman–Crippen MR) is 52.7 cm³/mol. The molecule has 0 aromatic rings. The van der Waals surface area contributed by atoms with Crippen LogP contribution in [0.25, 0.3) is 0 Å². The molecular weight excluding hydrogens is 148 g/mol. The van der Waals surface area contributed by atoms with Crippen molar-refractivity contribution in [2.75, 3.05) is 0 Å². The van der Waals surface area contributed by atoms with Crippen LogP contribution in [0.2, 0.25) is 0 Å². The average Bonchev–Trinajstić information content (AvgIpc) is 2.10. The quantitative estimate of drug-likeness (QED) is 0.378. The van der Waals surface area contributed by atoms with Gasteiger partial charge in [-0.1, -0.05) is 25.8 Å². The van der Waals surface area contributed by atoms with Gasteiger partial charge in [-0.2, -0.15) is 0 Å². The van der Waals surface area contributed by atoms with Crippen LogP contribution < -0.4 is 0 Å². The van der Waals surface area contributed by atoms with E-state index >= 15 is 0 Å². The summed E-state index contributed by atoms with van der Waals surface area (Å²) in [4.78, 5) is 0. The van der Waals surface area contributed by atoms with Gasteiger partial charge in [-0.15, -0.1) is 18.4 Å². The zero-order chi connectivity index (χ0) is 9.23. The Morgan fingerprint density at radius 3 is 2.75 bits per heavy atom. The highest BCUT2D eigenvalue weighted by Crippen LogP contribution is 1.97. The summed E-state index contributed by atoms with van der Waals surface area (Å²) >= 11 is 0. The first-order valence-corrected chi connectivity index (χ1v) is 4.57. The van der Waals surface area contributed by atoms with Crippen molar-refractivity contribution in [2.45, 2.75) is 45.1 Å². The van der Waals surface area contributed by atoms with Crippen molar-refractivity contribution in [2.24, 2.45) is 0 Å². The minimum absolute atomic E-state index is 0.455. The van der Waals surface area contributed by atoms with Crippen molar-refractivity contribution in [1.29, 1.82) is 0 Å². The molecule has 0 bridgehead atoms. The molecule has 0 rings (SSSR count). The molecular formula is C11H18O. The summed E-state index contributed by atoms with van der Waals surface area (Å²) < 4.78 is 0. The maximum Gasteiger partial charge on any atom is 0.0827 e. The molecule has 68 valence electrons. The molecule has 0 amide bonds. The van der Waals surface area contributed by atoms with Gasteiger partial charge in [0.2, 0.25) is 0 Å². The zero-order valence-electron chi connectivity index (χ0n) is 7.84. The maximum atomic E-state index is 9.04. The van der Waals surface area contributed by atoms with E-state index in [0.717, 1.165) is 6.42 Å². The molecule has 0 aromatic heterocycles. The van der Waals surface area contributed by atoms with E-state index in [1.807, 2.05) is 0 Å². The van der Waals surface area contributed by atoms with Crippen LogP contribution in [-0.2, 0) is 0 Å². The third-order valence-corrected chi connectivity index (χ3v) is 1.61. The van der Waals surface area contributed by atoms with E-state index in [2.05, 4.69) is 25.3 Å². The summed E-state index contributed by atoms with van der Waals surface area (Å²) in [6.45, 7) is 5.65. The van der Waals surface area contributed by atoms with Gasteiger partial charge in [0, 0.05) is 12.8 Å². The Morgan fingerprint density at radius 2 is 2.17 bits per heavy atom. The summed E-state index contributed by atoms with van der Waals surface area (Å²) in [6.07, 6.45) is 6.20. The van der Waals surface area contributed by atoms with Crippen molar-refractivity contribution in [1.82, 2.24) is 0 Å². The molecule has 1 atom stereocenters.